The summed E-state index contributed by atoms with van der Waals surface area (Å²) in [5.41, 5.74) is 6.33. The summed E-state index contributed by atoms with van der Waals surface area (Å²) >= 11 is 0. The fourth-order valence-electron chi connectivity index (χ4n) is 1.44. The second-order valence-electron chi connectivity index (χ2n) is 5.29. The number of halogens is 1. The molecule has 19 heavy (non-hydrogen) atoms. The lowest BCUT2D eigenvalue weighted by atomic mass is 9.87. The number of benzene rings is 1. The van der Waals surface area contributed by atoms with Gasteiger partial charge in [0.2, 0.25) is 5.91 Å². The van der Waals surface area contributed by atoms with Gasteiger partial charge >= 0.3 is 0 Å². The van der Waals surface area contributed by atoms with Crippen molar-refractivity contribution in [1.29, 1.82) is 0 Å². The Balaban J connectivity index is 0.00000324. The molecule has 5 heteroatoms. The fraction of sp³-hybridized carbons (Fsp3) is 0.500. The zero-order valence-electron chi connectivity index (χ0n) is 11.9. The van der Waals surface area contributed by atoms with E-state index >= 15 is 0 Å². The molecule has 0 aliphatic heterocycles. The number of nitrogens with one attached hydrogen (secondary N) is 1. The van der Waals surface area contributed by atoms with Crippen molar-refractivity contribution in [3.8, 4) is 5.75 Å². The Kier molecular flexibility index (Phi) is 6.87. The van der Waals surface area contributed by atoms with Gasteiger partial charge in [0.15, 0.2) is 0 Å². The Morgan fingerprint density at radius 1 is 1.42 bits per heavy atom. The minimum absolute atomic E-state index is 0. The van der Waals surface area contributed by atoms with E-state index in [2.05, 4.69) is 5.32 Å². The van der Waals surface area contributed by atoms with E-state index in [1.54, 1.807) is 6.07 Å². The van der Waals surface area contributed by atoms with Crippen molar-refractivity contribution in [2.45, 2.75) is 33.7 Å². The summed E-state index contributed by atoms with van der Waals surface area (Å²) < 4.78 is 5.37. The Bertz CT molecular complexity index is 416. The van der Waals surface area contributed by atoms with Crippen molar-refractivity contribution in [3.63, 3.8) is 0 Å². The molecule has 108 valence electrons. The quantitative estimate of drug-likeness (QED) is 0.894. The van der Waals surface area contributed by atoms with Crippen LogP contribution in [0.15, 0.2) is 24.3 Å². The van der Waals surface area contributed by atoms with Crippen LogP contribution in [-0.4, -0.2) is 18.6 Å². The van der Waals surface area contributed by atoms with Crippen LogP contribution in [0.1, 0.15) is 27.7 Å². The monoisotopic (exact) mass is 286 g/mol. The molecule has 0 unspecified atom stereocenters. The molecule has 1 aromatic carbocycles. The Morgan fingerprint density at radius 3 is 2.58 bits per heavy atom. The molecule has 0 aromatic heterocycles. The van der Waals surface area contributed by atoms with Crippen molar-refractivity contribution in [1.82, 2.24) is 0 Å². The van der Waals surface area contributed by atoms with Crippen molar-refractivity contribution in [2.24, 2.45) is 11.1 Å². The number of hydrogen-bond acceptors (Lipinski definition) is 3. The van der Waals surface area contributed by atoms with Gasteiger partial charge < -0.3 is 15.8 Å². The van der Waals surface area contributed by atoms with Crippen LogP contribution in [0.4, 0.5) is 5.69 Å². The van der Waals surface area contributed by atoms with Gasteiger partial charge in [-0.05, 0) is 24.5 Å². The zero-order chi connectivity index (χ0) is 13.8. The molecule has 0 aliphatic rings. The van der Waals surface area contributed by atoms with Crippen molar-refractivity contribution < 1.29 is 9.53 Å². The predicted molar refractivity (Wildman–Crippen MR) is 80.9 cm³/mol. The number of anilines is 1. The summed E-state index contributed by atoms with van der Waals surface area (Å²) in [6.07, 6.45) is 0. The molecule has 3 N–H and O–H groups in total. The molecule has 0 spiro atoms. The number of carbonyl (C=O) groups is 1. The molecule has 4 nitrogen and oxygen atoms in total. The smallest absolute Gasteiger partial charge is 0.241 e. The van der Waals surface area contributed by atoms with Crippen LogP contribution in [0.3, 0.4) is 0 Å². The van der Waals surface area contributed by atoms with Gasteiger partial charge in [0.25, 0.3) is 0 Å². The van der Waals surface area contributed by atoms with Crippen LogP contribution in [0.25, 0.3) is 0 Å². The topological polar surface area (TPSA) is 64.3 Å². The third kappa shape index (κ3) is 5.49. The van der Waals surface area contributed by atoms with Crippen molar-refractivity contribution in [2.75, 3.05) is 11.9 Å². The molecule has 0 heterocycles. The maximum absolute atomic E-state index is 12.0. The summed E-state index contributed by atoms with van der Waals surface area (Å²) in [5, 5.41) is 2.80. The molecule has 0 aliphatic carbocycles. The van der Waals surface area contributed by atoms with Crippen molar-refractivity contribution in [3.05, 3.63) is 24.3 Å². The molecular formula is C14H23ClN2O2. The van der Waals surface area contributed by atoms with E-state index in [1.165, 1.54) is 0 Å². The predicted octanol–water partition coefficient (Wildman–Crippen LogP) is 2.82. The number of nitrogens with two attached hydrogens (primary N) is 1. The number of ether oxygens (including phenoxy) is 1. The maximum atomic E-state index is 12.0. The second kappa shape index (κ2) is 7.36. The second-order valence-corrected chi connectivity index (χ2v) is 5.29. The Labute approximate surface area is 121 Å². The minimum atomic E-state index is -0.548. The Hall–Kier alpha value is -1.26. The normalized spacial score (nSPS) is 12.3. The Morgan fingerprint density at radius 2 is 2.05 bits per heavy atom. The third-order valence-electron chi connectivity index (χ3n) is 2.63. The van der Waals surface area contributed by atoms with Gasteiger partial charge in [0, 0.05) is 11.8 Å². The summed E-state index contributed by atoms with van der Waals surface area (Å²) in [7, 11) is 0. The molecule has 0 fully saturated rings. The van der Waals surface area contributed by atoms with E-state index in [4.69, 9.17) is 10.5 Å². The highest BCUT2D eigenvalue weighted by Gasteiger charge is 2.27. The summed E-state index contributed by atoms with van der Waals surface area (Å²) in [5.74, 6) is 0.552. The first-order chi connectivity index (χ1) is 8.34. The van der Waals surface area contributed by atoms with E-state index in [0.29, 0.717) is 12.3 Å². The lowest BCUT2D eigenvalue weighted by molar-refractivity contribution is -0.119. The minimum Gasteiger partial charge on any atom is -0.494 e. The average Bonchev–Trinajstić information content (AvgIpc) is 2.27. The van der Waals surface area contributed by atoms with Gasteiger partial charge in [-0.15, -0.1) is 12.4 Å². The van der Waals surface area contributed by atoms with Gasteiger partial charge in [-0.25, -0.2) is 0 Å². The highest BCUT2D eigenvalue weighted by molar-refractivity contribution is 5.95. The number of carbonyl (C=O) groups excluding carboxylic acids is 1. The van der Waals surface area contributed by atoms with E-state index in [-0.39, 0.29) is 23.7 Å². The van der Waals surface area contributed by atoms with Crippen LogP contribution in [0, 0.1) is 5.41 Å². The van der Waals surface area contributed by atoms with Gasteiger partial charge in [-0.2, -0.15) is 0 Å². The molecule has 1 rings (SSSR count). The first kappa shape index (κ1) is 17.7. The highest BCUT2D eigenvalue weighted by atomic mass is 35.5. The van der Waals surface area contributed by atoms with E-state index in [9.17, 15) is 4.79 Å². The van der Waals surface area contributed by atoms with Crippen LogP contribution in [-0.2, 0) is 4.79 Å². The van der Waals surface area contributed by atoms with Crippen LogP contribution >= 0.6 is 12.4 Å². The molecular weight excluding hydrogens is 264 g/mol. The lowest BCUT2D eigenvalue weighted by Gasteiger charge is -2.25. The molecule has 0 saturated carbocycles. The van der Waals surface area contributed by atoms with E-state index in [0.717, 1.165) is 5.75 Å². The standard InChI is InChI=1S/C14H22N2O2.ClH/c1-5-18-11-8-6-7-10(9-11)16-13(17)12(15)14(2,3)4;/h6-9,12H,5,15H2,1-4H3,(H,16,17);1H/t12-;/m1./s1. The third-order valence-corrected chi connectivity index (χ3v) is 2.63. The van der Waals surface area contributed by atoms with Crippen molar-refractivity contribution >= 4 is 24.0 Å². The summed E-state index contributed by atoms with van der Waals surface area (Å²) in [4.78, 5) is 12.0. The maximum Gasteiger partial charge on any atom is 0.241 e. The molecule has 0 saturated heterocycles. The largest absolute Gasteiger partial charge is 0.494 e. The number of amides is 1. The molecule has 1 atom stereocenters. The molecule has 1 aromatic rings. The number of rotatable bonds is 4. The molecule has 0 radical (unpaired) electrons. The van der Waals surface area contributed by atoms with Gasteiger partial charge in [-0.3, -0.25) is 4.79 Å². The fourth-order valence-corrected chi connectivity index (χ4v) is 1.44. The first-order valence-corrected chi connectivity index (χ1v) is 6.14. The number of hydrogen-bond donors (Lipinski definition) is 2. The van der Waals surface area contributed by atoms with Gasteiger partial charge in [-0.1, -0.05) is 26.8 Å². The van der Waals surface area contributed by atoms with Gasteiger partial charge in [0.1, 0.15) is 5.75 Å². The van der Waals surface area contributed by atoms with Gasteiger partial charge in [0.05, 0.1) is 12.6 Å². The van der Waals surface area contributed by atoms with E-state index in [1.807, 2.05) is 45.9 Å². The SMILES string of the molecule is CCOc1cccc(NC(=O)[C@@H](N)C(C)(C)C)c1.Cl. The molecule has 0 bridgehead atoms. The van der Waals surface area contributed by atoms with Crippen LogP contribution in [0.5, 0.6) is 5.75 Å². The van der Waals surface area contributed by atoms with Crippen LogP contribution in [0.2, 0.25) is 0 Å². The zero-order valence-corrected chi connectivity index (χ0v) is 12.7. The summed E-state index contributed by atoms with van der Waals surface area (Å²) in [6.45, 7) is 8.33. The first-order valence-electron chi connectivity index (χ1n) is 6.14. The van der Waals surface area contributed by atoms with Crippen LogP contribution < -0.4 is 15.8 Å². The molecule has 1 amide bonds. The average molecular weight is 287 g/mol. The highest BCUT2D eigenvalue weighted by Crippen LogP contribution is 2.21. The van der Waals surface area contributed by atoms with E-state index < -0.39 is 6.04 Å². The lowest BCUT2D eigenvalue weighted by Crippen LogP contribution is -2.45. The summed E-state index contributed by atoms with van der Waals surface area (Å²) in [6, 6.07) is 6.74.